The third-order valence-corrected chi connectivity index (χ3v) is 3.04. The summed E-state index contributed by atoms with van der Waals surface area (Å²) in [7, 11) is 4.06. The summed E-state index contributed by atoms with van der Waals surface area (Å²) in [5, 5.41) is 12.3. The fraction of sp³-hybridized carbons (Fsp3) is 0.533. The normalized spacial score (nSPS) is 11.9. The topological polar surface area (TPSA) is 52.6 Å². The summed E-state index contributed by atoms with van der Waals surface area (Å²) in [5.41, 5.74) is 1.11. The van der Waals surface area contributed by atoms with Crippen LogP contribution in [0.1, 0.15) is 24.8 Å². The van der Waals surface area contributed by atoms with Gasteiger partial charge in [-0.15, -0.1) is 0 Å². The van der Waals surface area contributed by atoms with Crippen molar-refractivity contribution in [1.82, 2.24) is 10.2 Å². The van der Waals surface area contributed by atoms with E-state index in [0.29, 0.717) is 13.0 Å². The van der Waals surface area contributed by atoms with Gasteiger partial charge in [0, 0.05) is 6.54 Å². The Morgan fingerprint density at radius 2 is 1.90 bits per heavy atom. The van der Waals surface area contributed by atoms with Gasteiger partial charge < -0.3 is 15.3 Å². The van der Waals surface area contributed by atoms with Crippen LogP contribution in [0.25, 0.3) is 0 Å². The number of nitrogens with one attached hydrogen (secondary N) is 1. The van der Waals surface area contributed by atoms with Crippen molar-refractivity contribution in [2.75, 3.05) is 20.6 Å². The number of carbonyl (C=O) groups is 1. The van der Waals surface area contributed by atoms with Gasteiger partial charge in [0.15, 0.2) is 0 Å². The Morgan fingerprint density at radius 1 is 1.25 bits per heavy atom. The molecule has 5 heteroatoms. The van der Waals surface area contributed by atoms with Crippen LogP contribution >= 0.6 is 0 Å². The molecule has 0 saturated heterocycles. The maximum atomic E-state index is 11.2. The fourth-order valence-corrected chi connectivity index (χ4v) is 1.93. The van der Waals surface area contributed by atoms with Crippen molar-refractivity contribution in [2.24, 2.45) is 0 Å². The molecule has 0 bridgehead atoms. The number of carboxylic acid groups (broad SMARTS) is 1. The quantitative estimate of drug-likeness (QED) is 0.526. The molecule has 0 amide bonds. The van der Waals surface area contributed by atoms with Gasteiger partial charge in [0.25, 0.3) is 0 Å². The van der Waals surface area contributed by atoms with E-state index in [1.807, 2.05) is 44.4 Å². The molecule has 0 saturated carbocycles. The molecule has 2 N–H and O–H groups in total. The number of aliphatic carboxylic acids is 1. The third kappa shape index (κ3) is 8.39. The summed E-state index contributed by atoms with van der Waals surface area (Å²) in [6, 6.07) is 9.42. The van der Waals surface area contributed by atoms with Gasteiger partial charge in [-0.1, -0.05) is 36.8 Å². The summed E-state index contributed by atoms with van der Waals surface area (Å²) in [6.07, 6.45) is 2.64. The predicted molar refractivity (Wildman–Crippen MR) is 84.3 cm³/mol. The molecule has 20 heavy (non-hydrogen) atoms. The minimum absolute atomic E-state index is 0. The van der Waals surface area contributed by atoms with Crippen molar-refractivity contribution >= 4 is 24.8 Å². The predicted octanol–water partition coefficient (Wildman–Crippen LogP) is 1.31. The minimum atomic E-state index is -0.763. The molecule has 1 unspecified atom stereocenters. The van der Waals surface area contributed by atoms with E-state index in [0.717, 1.165) is 24.9 Å². The molecule has 0 spiro atoms. The van der Waals surface area contributed by atoms with E-state index in [1.165, 1.54) is 0 Å². The van der Waals surface area contributed by atoms with Crippen molar-refractivity contribution in [2.45, 2.75) is 31.8 Å². The van der Waals surface area contributed by atoms with Gasteiger partial charge in [0.2, 0.25) is 0 Å². The Kier molecular flexibility index (Phi) is 10.5. The first-order valence-electron chi connectivity index (χ1n) is 6.74. The maximum absolute atomic E-state index is 11.2. The SMILES string of the molecule is CN(C)CCCCC(NCc1ccccc1)C(=O)O.[LiH]. The Hall–Kier alpha value is -0.793. The Morgan fingerprint density at radius 3 is 2.45 bits per heavy atom. The molecule has 1 atom stereocenters. The zero-order valence-electron chi connectivity index (χ0n) is 11.8. The molecule has 0 aliphatic heterocycles. The van der Waals surface area contributed by atoms with Crippen LogP contribution < -0.4 is 5.32 Å². The summed E-state index contributed by atoms with van der Waals surface area (Å²) >= 11 is 0. The van der Waals surface area contributed by atoms with Gasteiger partial charge in [-0.05, 0) is 39.0 Å². The average Bonchev–Trinajstić information content (AvgIpc) is 2.38. The molecule has 1 aromatic carbocycles. The number of hydrogen-bond acceptors (Lipinski definition) is 3. The van der Waals surface area contributed by atoms with Gasteiger partial charge in [-0.3, -0.25) is 4.79 Å². The first-order valence-corrected chi connectivity index (χ1v) is 6.74. The molecule has 0 aromatic heterocycles. The average molecular weight is 272 g/mol. The standard InChI is InChI=1S/C15H24N2O2.Li.H/c1-17(2)11-7-6-10-14(15(18)19)16-12-13-8-4-3-5-9-13;;/h3-5,8-9,14,16H,6-7,10-12H2,1-2H3,(H,18,19);;. The van der Waals surface area contributed by atoms with Crippen molar-refractivity contribution in [3.63, 3.8) is 0 Å². The number of benzene rings is 1. The summed E-state index contributed by atoms with van der Waals surface area (Å²) in [6.45, 7) is 1.61. The molecule has 108 valence electrons. The monoisotopic (exact) mass is 272 g/mol. The van der Waals surface area contributed by atoms with Crippen LogP contribution in [0.15, 0.2) is 30.3 Å². The van der Waals surface area contributed by atoms with E-state index in [4.69, 9.17) is 0 Å². The van der Waals surface area contributed by atoms with Gasteiger partial charge in [0.1, 0.15) is 6.04 Å². The summed E-state index contributed by atoms with van der Waals surface area (Å²) < 4.78 is 0. The van der Waals surface area contributed by atoms with E-state index < -0.39 is 12.0 Å². The van der Waals surface area contributed by atoms with E-state index in [-0.39, 0.29) is 18.9 Å². The first-order chi connectivity index (χ1) is 9.09. The Labute approximate surface area is 133 Å². The second kappa shape index (κ2) is 10.9. The molecule has 0 aliphatic rings. The van der Waals surface area contributed by atoms with Gasteiger partial charge in [-0.25, -0.2) is 0 Å². The molecule has 1 rings (SSSR count). The van der Waals surface area contributed by atoms with Crippen LogP contribution in [0.2, 0.25) is 0 Å². The molecular weight excluding hydrogens is 247 g/mol. The van der Waals surface area contributed by atoms with Crippen LogP contribution in [-0.2, 0) is 11.3 Å². The van der Waals surface area contributed by atoms with Crippen molar-refractivity contribution in [3.05, 3.63) is 35.9 Å². The van der Waals surface area contributed by atoms with E-state index in [9.17, 15) is 9.90 Å². The number of carboxylic acids is 1. The molecule has 4 nitrogen and oxygen atoms in total. The zero-order valence-corrected chi connectivity index (χ0v) is 11.8. The van der Waals surface area contributed by atoms with Gasteiger partial charge >= 0.3 is 24.8 Å². The Bertz CT molecular complexity index is 371. The zero-order chi connectivity index (χ0) is 14.1. The second-order valence-corrected chi connectivity index (χ2v) is 5.06. The van der Waals surface area contributed by atoms with E-state index in [2.05, 4.69) is 10.2 Å². The van der Waals surface area contributed by atoms with Crippen molar-refractivity contribution in [3.8, 4) is 0 Å². The van der Waals surface area contributed by atoms with Gasteiger partial charge in [-0.2, -0.15) is 0 Å². The van der Waals surface area contributed by atoms with E-state index in [1.54, 1.807) is 0 Å². The van der Waals surface area contributed by atoms with Crippen LogP contribution in [0, 0.1) is 0 Å². The Balaban J connectivity index is 0.00000361. The van der Waals surface area contributed by atoms with Crippen LogP contribution in [-0.4, -0.2) is 61.5 Å². The molecule has 0 heterocycles. The second-order valence-electron chi connectivity index (χ2n) is 5.06. The summed E-state index contributed by atoms with van der Waals surface area (Å²) in [5.74, 6) is -0.763. The van der Waals surface area contributed by atoms with Crippen LogP contribution in [0.4, 0.5) is 0 Å². The molecular formula is C15H25LiN2O2. The molecule has 0 fully saturated rings. The number of nitrogens with zero attached hydrogens (tertiary/aromatic N) is 1. The third-order valence-electron chi connectivity index (χ3n) is 3.04. The molecule has 0 radical (unpaired) electrons. The molecule has 1 aromatic rings. The van der Waals surface area contributed by atoms with E-state index >= 15 is 0 Å². The number of rotatable bonds is 9. The number of hydrogen-bond donors (Lipinski definition) is 2. The molecule has 0 aliphatic carbocycles. The first kappa shape index (κ1) is 19.2. The van der Waals surface area contributed by atoms with Gasteiger partial charge in [0.05, 0.1) is 0 Å². The van der Waals surface area contributed by atoms with Crippen molar-refractivity contribution < 1.29 is 9.90 Å². The number of unbranched alkanes of at least 4 members (excludes halogenated alkanes) is 1. The fourth-order valence-electron chi connectivity index (χ4n) is 1.93. The van der Waals surface area contributed by atoms with Crippen LogP contribution in [0.3, 0.4) is 0 Å². The van der Waals surface area contributed by atoms with Crippen LogP contribution in [0.5, 0.6) is 0 Å². The summed E-state index contributed by atoms with van der Waals surface area (Å²) in [4.78, 5) is 13.3. The van der Waals surface area contributed by atoms with Crippen molar-refractivity contribution in [1.29, 1.82) is 0 Å².